The van der Waals surface area contributed by atoms with Gasteiger partial charge in [-0.1, -0.05) is 0 Å². The van der Waals surface area contributed by atoms with Gasteiger partial charge in [-0.3, -0.25) is 4.90 Å². The molecule has 1 fully saturated rings. The molecule has 0 saturated carbocycles. The van der Waals surface area contributed by atoms with Crippen molar-refractivity contribution in [2.45, 2.75) is 58.1 Å². The highest BCUT2D eigenvalue weighted by Gasteiger charge is 2.32. The van der Waals surface area contributed by atoms with Gasteiger partial charge in [0.15, 0.2) is 0 Å². The second-order valence-electron chi connectivity index (χ2n) is 7.33. The number of nitrogens with one attached hydrogen (secondary N) is 2. The number of carbonyl (C=O) groups is 1. The van der Waals surface area contributed by atoms with Crippen LogP contribution in [0.5, 0.6) is 0 Å². The van der Waals surface area contributed by atoms with Crippen molar-refractivity contribution in [3.63, 3.8) is 0 Å². The Hall–Kier alpha value is -1.49. The maximum atomic E-state index is 12.5. The lowest BCUT2D eigenvalue weighted by Crippen LogP contribution is -2.50. The van der Waals surface area contributed by atoms with Crippen molar-refractivity contribution in [3.05, 3.63) is 23.0 Å². The fourth-order valence-corrected chi connectivity index (χ4v) is 3.33. The molecule has 1 aromatic heterocycles. The molecule has 1 unspecified atom stereocenters. The number of nitrogens with zero attached hydrogens (tertiary/aromatic N) is 1. The van der Waals surface area contributed by atoms with Crippen molar-refractivity contribution >= 4 is 6.09 Å². The minimum absolute atomic E-state index is 0.0363. The highest BCUT2D eigenvalue weighted by atomic mass is 16.6. The molecule has 0 spiro atoms. The van der Waals surface area contributed by atoms with Crippen molar-refractivity contribution in [2.24, 2.45) is 0 Å². The van der Waals surface area contributed by atoms with Gasteiger partial charge in [0.1, 0.15) is 5.60 Å². The molecular weight excluding hydrogens is 278 g/mol. The number of aryl methyl sites for hydroxylation is 2. The van der Waals surface area contributed by atoms with Crippen molar-refractivity contribution < 1.29 is 9.53 Å². The third kappa shape index (κ3) is 3.29. The molecule has 5 nitrogen and oxygen atoms in total. The fraction of sp³-hybridized carbons (Fsp3) is 0.706. The van der Waals surface area contributed by atoms with Gasteiger partial charge >= 0.3 is 6.09 Å². The Bertz CT molecular complexity index is 521. The average Bonchev–Trinajstić information content (AvgIpc) is 2.89. The summed E-state index contributed by atoms with van der Waals surface area (Å²) in [6, 6.07) is 2.29. The third-order valence-corrected chi connectivity index (χ3v) is 4.37. The molecule has 2 aliphatic rings. The molecule has 2 N–H and O–H groups in total. The van der Waals surface area contributed by atoms with Crippen LogP contribution in [0.25, 0.3) is 0 Å². The first-order valence-electron chi connectivity index (χ1n) is 8.35. The highest BCUT2D eigenvalue weighted by Crippen LogP contribution is 2.29. The number of H-pyrrole nitrogens is 1. The first kappa shape index (κ1) is 15.4. The third-order valence-electron chi connectivity index (χ3n) is 4.37. The van der Waals surface area contributed by atoms with Crippen LogP contribution in [0.3, 0.4) is 0 Å². The summed E-state index contributed by atoms with van der Waals surface area (Å²) in [6.45, 7) is 8.01. The zero-order valence-electron chi connectivity index (χ0n) is 13.9. The van der Waals surface area contributed by atoms with E-state index in [0.717, 1.165) is 31.6 Å². The fourth-order valence-electron chi connectivity index (χ4n) is 3.33. The predicted octanol–water partition coefficient (Wildman–Crippen LogP) is 2.77. The minimum atomic E-state index is -0.457. The smallest absolute Gasteiger partial charge is 0.410 e. The zero-order chi connectivity index (χ0) is 15.7. The number of aromatic amines is 1. The monoisotopic (exact) mass is 305 g/mol. The maximum absolute atomic E-state index is 12.5. The van der Waals surface area contributed by atoms with Gasteiger partial charge in [-0.25, -0.2) is 4.79 Å². The van der Waals surface area contributed by atoms with E-state index < -0.39 is 5.60 Å². The number of hydrogen-bond donors (Lipinski definition) is 2. The van der Waals surface area contributed by atoms with E-state index in [-0.39, 0.29) is 12.1 Å². The van der Waals surface area contributed by atoms with Crippen LogP contribution in [-0.4, -0.2) is 41.2 Å². The SMILES string of the molecule is CC(C)(C)OC(=O)N1CCNCC1c1cc2c([nH]1)CCCC2. The molecule has 1 amide bonds. The van der Waals surface area contributed by atoms with Crippen molar-refractivity contribution in [1.82, 2.24) is 15.2 Å². The normalized spacial score (nSPS) is 22.3. The van der Waals surface area contributed by atoms with Crippen LogP contribution in [0.1, 0.15) is 56.6 Å². The molecule has 2 heterocycles. The number of hydrogen-bond acceptors (Lipinski definition) is 3. The number of piperazine rings is 1. The Morgan fingerprint density at radius 1 is 1.32 bits per heavy atom. The Morgan fingerprint density at radius 2 is 2.09 bits per heavy atom. The number of amides is 1. The van der Waals surface area contributed by atoms with Crippen molar-refractivity contribution in [3.8, 4) is 0 Å². The number of carbonyl (C=O) groups excluding carboxylic acids is 1. The van der Waals surface area contributed by atoms with Gasteiger partial charge in [-0.05, 0) is 58.1 Å². The molecule has 1 saturated heterocycles. The lowest BCUT2D eigenvalue weighted by Gasteiger charge is -2.36. The van der Waals surface area contributed by atoms with E-state index in [4.69, 9.17) is 4.74 Å². The van der Waals surface area contributed by atoms with Crippen LogP contribution in [0.2, 0.25) is 0 Å². The van der Waals surface area contributed by atoms with Gasteiger partial charge in [0, 0.05) is 31.0 Å². The standard InChI is InChI=1S/C17H27N3O2/c1-17(2,3)22-16(21)20-9-8-18-11-15(20)14-10-12-6-4-5-7-13(12)19-14/h10,15,18-19H,4-9,11H2,1-3H3. The number of fused-ring (bicyclic) bond motifs is 1. The molecule has 1 aliphatic heterocycles. The molecule has 0 bridgehead atoms. The summed E-state index contributed by atoms with van der Waals surface area (Å²) in [5.41, 5.74) is 3.47. The van der Waals surface area contributed by atoms with Crippen LogP contribution in [-0.2, 0) is 17.6 Å². The average molecular weight is 305 g/mol. The van der Waals surface area contributed by atoms with Crippen LogP contribution in [0, 0.1) is 0 Å². The van der Waals surface area contributed by atoms with Gasteiger partial charge in [-0.2, -0.15) is 0 Å². The molecule has 1 atom stereocenters. The highest BCUT2D eigenvalue weighted by molar-refractivity contribution is 5.69. The Morgan fingerprint density at radius 3 is 2.82 bits per heavy atom. The van der Waals surface area contributed by atoms with E-state index in [1.54, 1.807) is 0 Å². The van der Waals surface area contributed by atoms with Gasteiger partial charge in [-0.15, -0.1) is 0 Å². The Balaban J connectivity index is 1.80. The van der Waals surface area contributed by atoms with Gasteiger partial charge in [0.2, 0.25) is 0 Å². The summed E-state index contributed by atoms with van der Waals surface area (Å²) in [5.74, 6) is 0. The summed E-state index contributed by atoms with van der Waals surface area (Å²) >= 11 is 0. The molecular formula is C17H27N3O2. The summed E-state index contributed by atoms with van der Waals surface area (Å²) in [5, 5.41) is 3.39. The van der Waals surface area contributed by atoms with Crippen LogP contribution >= 0.6 is 0 Å². The molecule has 0 radical (unpaired) electrons. The van der Waals surface area contributed by atoms with E-state index in [2.05, 4.69) is 16.4 Å². The van der Waals surface area contributed by atoms with E-state index in [0.29, 0.717) is 6.54 Å². The van der Waals surface area contributed by atoms with Crippen LogP contribution in [0.15, 0.2) is 6.07 Å². The molecule has 0 aromatic carbocycles. The largest absolute Gasteiger partial charge is 0.444 e. The number of aromatic nitrogens is 1. The predicted molar refractivity (Wildman–Crippen MR) is 86.0 cm³/mol. The van der Waals surface area contributed by atoms with E-state index in [1.165, 1.54) is 24.1 Å². The number of ether oxygens (including phenoxy) is 1. The molecule has 122 valence electrons. The van der Waals surface area contributed by atoms with E-state index >= 15 is 0 Å². The van der Waals surface area contributed by atoms with Crippen LogP contribution in [0.4, 0.5) is 4.79 Å². The molecule has 1 aromatic rings. The summed E-state index contributed by atoms with van der Waals surface area (Å²) in [7, 11) is 0. The molecule has 5 heteroatoms. The van der Waals surface area contributed by atoms with Gasteiger partial charge in [0.25, 0.3) is 0 Å². The van der Waals surface area contributed by atoms with Gasteiger partial charge < -0.3 is 15.0 Å². The lowest BCUT2D eigenvalue weighted by atomic mass is 9.98. The second-order valence-corrected chi connectivity index (χ2v) is 7.33. The van der Waals surface area contributed by atoms with Crippen LogP contribution < -0.4 is 5.32 Å². The summed E-state index contributed by atoms with van der Waals surface area (Å²) in [6.07, 6.45) is 4.58. The quantitative estimate of drug-likeness (QED) is 0.839. The van der Waals surface area contributed by atoms with Crippen molar-refractivity contribution in [2.75, 3.05) is 19.6 Å². The molecule has 1 aliphatic carbocycles. The lowest BCUT2D eigenvalue weighted by molar-refractivity contribution is 0.0113. The molecule has 22 heavy (non-hydrogen) atoms. The first-order chi connectivity index (χ1) is 10.4. The zero-order valence-corrected chi connectivity index (χ0v) is 13.9. The topological polar surface area (TPSA) is 57.4 Å². The van der Waals surface area contributed by atoms with E-state index in [1.807, 2.05) is 25.7 Å². The second kappa shape index (κ2) is 5.95. The van der Waals surface area contributed by atoms with E-state index in [9.17, 15) is 4.79 Å². The Kier molecular flexibility index (Phi) is 4.17. The summed E-state index contributed by atoms with van der Waals surface area (Å²) in [4.78, 5) is 17.9. The Labute approximate surface area is 132 Å². The number of rotatable bonds is 1. The first-order valence-corrected chi connectivity index (χ1v) is 8.35. The minimum Gasteiger partial charge on any atom is -0.444 e. The van der Waals surface area contributed by atoms with Crippen molar-refractivity contribution in [1.29, 1.82) is 0 Å². The van der Waals surface area contributed by atoms with Gasteiger partial charge in [0.05, 0.1) is 6.04 Å². The summed E-state index contributed by atoms with van der Waals surface area (Å²) < 4.78 is 5.58. The maximum Gasteiger partial charge on any atom is 0.410 e. The molecule has 3 rings (SSSR count).